The van der Waals surface area contributed by atoms with Crippen LogP contribution in [-0.2, 0) is 14.8 Å². The molecule has 0 saturated carbocycles. The number of hydrogen-bond donors (Lipinski definition) is 2. The van der Waals surface area contributed by atoms with Crippen LogP contribution in [0.2, 0.25) is 0 Å². The number of benzene rings is 1. The Morgan fingerprint density at radius 1 is 1.22 bits per heavy atom. The van der Waals surface area contributed by atoms with Crippen LogP contribution in [0.15, 0.2) is 46.4 Å². The van der Waals surface area contributed by atoms with Gasteiger partial charge in [0, 0.05) is 24.2 Å². The molecule has 1 unspecified atom stereocenters. The molecule has 166 valence electrons. The fourth-order valence-corrected chi connectivity index (χ4v) is 4.52. The molecule has 0 bridgehead atoms. The van der Waals surface area contributed by atoms with Gasteiger partial charge in [0.1, 0.15) is 6.33 Å². The van der Waals surface area contributed by atoms with E-state index in [1.165, 1.54) is 23.5 Å². The van der Waals surface area contributed by atoms with Gasteiger partial charge in [0.05, 0.1) is 23.1 Å². The first-order chi connectivity index (χ1) is 15.4. The molecule has 4 aromatic rings. The van der Waals surface area contributed by atoms with Crippen molar-refractivity contribution in [2.24, 2.45) is 5.14 Å². The summed E-state index contributed by atoms with van der Waals surface area (Å²) in [6, 6.07) is 6.13. The standard InChI is InChI=1S/C19H20N8O3S2/c1-12-8-26(6-7-30-12)19-24-17(23-13-2-4-14(5-3-13)32(20,28)29)16-18(25-19)27(10-21-16)15-9-31-11-22-15/h2-5,9-12H,6-8H2,1H3,(H2,20,28,29)(H,23,24,25). The molecule has 0 aliphatic carbocycles. The zero-order valence-electron chi connectivity index (χ0n) is 17.0. The van der Waals surface area contributed by atoms with Gasteiger partial charge in [0.25, 0.3) is 0 Å². The summed E-state index contributed by atoms with van der Waals surface area (Å²) >= 11 is 1.48. The molecule has 1 aliphatic rings. The van der Waals surface area contributed by atoms with Crippen LogP contribution in [0, 0.1) is 0 Å². The monoisotopic (exact) mass is 472 g/mol. The van der Waals surface area contributed by atoms with Crippen molar-refractivity contribution in [2.75, 3.05) is 29.9 Å². The van der Waals surface area contributed by atoms with Crippen molar-refractivity contribution in [3.05, 3.63) is 41.5 Å². The SMILES string of the molecule is CC1CN(c2nc(Nc3ccc(S(N)(=O)=O)cc3)c3ncn(-c4cscn4)c3n2)CCO1. The van der Waals surface area contributed by atoms with Crippen LogP contribution in [0.3, 0.4) is 0 Å². The molecule has 5 rings (SSSR count). The molecule has 13 heteroatoms. The number of nitrogens with one attached hydrogen (secondary N) is 1. The van der Waals surface area contributed by atoms with E-state index >= 15 is 0 Å². The number of hydrogen-bond acceptors (Lipinski definition) is 10. The minimum Gasteiger partial charge on any atom is -0.375 e. The number of fused-ring (bicyclic) bond motifs is 1. The Hall–Kier alpha value is -3.13. The number of imidazole rings is 1. The fraction of sp³-hybridized carbons (Fsp3) is 0.263. The van der Waals surface area contributed by atoms with Gasteiger partial charge in [-0.15, -0.1) is 11.3 Å². The minimum atomic E-state index is -3.77. The van der Waals surface area contributed by atoms with Gasteiger partial charge in [-0.1, -0.05) is 0 Å². The minimum absolute atomic E-state index is 0.0340. The third-order valence-electron chi connectivity index (χ3n) is 5.02. The molecule has 1 atom stereocenters. The van der Waals surface area contributed by atoms with Crippen LogP contribution in [0.5, 0.6) is 0 Å². The number of nitrogens with two attached hydrogens (primary N) is 1. The predicted octanol–water partition coefficient (Wildman–Crippen LogP) is 1.89. The molecule has 11 nitrogen and oxygen atoms in total. The largest absolute Gasteiger partial charge is 0.375 e. The van der Waals surface area contributed by atoms with Gasteiger partial charge in [0.15, 0.2) is 22.8 Å². The van der Waals surface area contributed by atoms with Crippen LogP contribution in [-0.4, -0.2) is 58.7 Å². The van der Waals surface area contributed by atoms with Gasteiger partial charge in [-0.25, -0.2) is 23.5 Å². The average Bonchev–Trinajstić information content (AvgIpc) is 3.43. The second-order valence-electron chi connectivity index (χ2n) is 7.33. The topological polar surface area (TPSA) is 141 Å². The Morgan fingerprint density at radius 2 is 2.03 bits per heavy atom. The lowest BCUT2D eigenvalue weighted by Gasteiger charge is -2.31. The van der Waals surface area contributed by atoms with Gasteiger partial charge in [-0.3, -0.25) is 4.57 Å². The molecule has 1 fully saturated rings. The number of rotatable bonds is 5. The van der Waals surface area contributed by atoms with E-state index in [0.717, 1.165) is 5.82 Å². The highest BCUT2D eigenvalue weighted by Crippen LogP contribution is 2.28. The molecule has 3 aromatic heterocycles. The van der Waals surface area contributed by atoms with E-state index < -0.39 is 10.0 Å². The number of anilines is 3. The normalized spacial score (nSPS) is 17.1. The zero-order chi connectivity index (χ0) is 22.3. The maximum Gasteiger partial charge on any atom is 0.238 e. The van der Waals surface area contributed by atoms with E-state index in [-0.39, 0.29) is 11.0 Å². The second kappa shape index (κ2) is 8.09. The number of primary sulfonamides is 1. The molecule has 4 heterocycles. The van der Waals surface area contributed by atoms with E-state index in [1.54, 1.807) is 24.0 Å². The van der Waals surface area contributed by atoms with Gasteiger partial charge < -0.3 is 15.0 Å². The number of morpholine rings is 1. The van der Waals surface area contributed by atoms with Crippen molar-refractivity contribution >= 4 is 50.0 Å². The molecule has 0 amide bonds. The van der Waals surface area contributed by atoms with Crippen LogP contribution >= 0.6 is 11.3 Å². The number of aromatic nitrogens is 5. The Balaban J connectivity index is 1.59. The van der Waals surface area contributed by atoms with Crippen molar-refractivity contribution < 1.29 is 13.2 Å². The molecule has 1 saturated heterocycles. The summed E-state index contributed by atoms with van der Waals surface area (Å²) in [6.45, 7) is 3.93. The summed E-state index contributed by atoms with van der Waals surface area (Å²) in [5, 5.41) is 10.3. The molecular weight excluding hydrogens is 452 g/mol. The van der Waals surface area contributed by atoms with Crippen LogP contribution < -0.4 is 15.4 Å². The third-order valence-corrected chi connectivity index (χ3v) is 6.52. The average molecular weight is 473 g/mol. The van der Waals surface area contributed by atoms with Crippen molar-refractivity contribution in [1.82, 2.24) is 24.5 Å². The molecule has 3 N–H and O–H groups in total. The smallest absolute Gasteiger partial charge is 0.238 e. The summed E-state index contributed by atoms with van der Waals surface area (Å²) < 4.78 is 30.6. The third kappa shape index (κ3) is 4.02. The zero-order valence-corrected chi connectivity index (χ0v) is 18.7. The van der Waals surface area contributed by atoms with Crippen LogP contribution in [0.1, 0.15) is 6.92 Å². The number of thiazole rings is 1. The van der Waals surface area contributed by atoms with Gasteiger partial charge >= 0.3 is 0 Å². The molecule has 1 aliphatic heterocycles. The van der Waals surface area contributed by atoms with Crippen molar-refractivity contribution in [1.29, 1.82) is 0 Å². The molecule has 0 spiro atoms. The summed E-state index contributed by atoms with van der Waals surface area (Å²) in [5.41, 5.74) is 3.57. The first kappa shape index (κ1) is 20.8. The highest BCUT2D eigenvalue weighted by atomic mass is 32.2. The number of nitrogens with zero attached hydrogens (tertiary/aromatic N) is 6. The predicted molar refractivity (Wildman–Crippen MR) is 121 cm³/mol. The van der Waals surface area contributed by atoms with Gasteiger partial charge in [-0.05, 0) is 31.2 Å². The Bertz CT molecular complexity index is 1350. The first-order valence-electron chi connectivity index (χ1n) is 9.78. The van der Waals surface area contributed by atoms with Crippen molar-refractivity contribution in [3.8, 4) is 5.82 Å². The lowest BCUT2D eigenvalue weighted by Crippen LogP contribution is -2.42. The Kier molecular flexibility index (Phi) is 5.25. The van der Waals surface area contributed by atoms with Crippen LogP contribution in [0.4, 0.5) is 17.5 Å². The van der Waals surface area contributed by atoms with E-state index in [4.69, 9.17) is 19.8 Å². The summed E-state index contributed by atoms with van der Waals surface area (Å²) in [4.78, 5) is 20.5. The quantitative estimate of drug-likeness (QED) is 0.445. The second-order valence-corrected chi connectivity index (χ2v) is 9.61. The van der Waals surface area contributed by atoms with Crippen molar-refractivity contribution in [2.45, 2.75) is 17.9 Å². The van der Waals surface area contributed by atoms with E-state index in [2.05, 4.69) is 20.2 Å². The summed E-state index contributed by atoms with van der Waals surface area (Å²) in [7, 11) is -3.77. The first-order valence-corrected chi connectivity index (χ1v) is 12.3. The van der Waals surface area contributed by atoms with Crippen LogP contribution in [0.25, 0.3) is 17.0 Å². The summed E-state index contributed by atoms with van der Waals surface area (Å²) in [5.74, 6) is 1.77. The highest BCUT2D eigenvalue weighted by molar-refractivity contribution is 7.89. The molecular formula is C19H20N8O3S2. The van der Waals surface area contributed by atoms with Crippen molar-refractivity contribution in [3.63, 3.8) is 0 Å². The van der Waals surface area contributed by atoms with E-state index in [9.17, 15) is 8.42 Å². The Morgan fingerprint density at radius 3 is 2.72 bits per heavy atom. The molecule has 0 radical (unpaired) electrons. The molecule has 32 heavy (non-hydrogen) atoms. The van der Waals surface area contributed by atoms with Gasteiger partial charge in [-0.2, -0.15) is 9.97 Å². The Labute approximate surface area is 188 Å². The molecule has 1 aromatic carbocycles. The lowest BCUT2D eigenvalue weighted by atomic mass is 10.3. The van der Waals surface area contributed by atoms with E-state index in [1.807, 2.05) is 16.9 Å². The number of sulfonamides is 1. The maximum absolute atomic E-state index is 11.5. The highest BCUT2D eigenvalue weighted by Gasteiger charge is 2.23. The maximum atomic E-state index is 11.5. The fourth-order valence-electron chi connectivity index (χ4n) is 3.47. The lowest BCUT2D eigenvalue weighted by molar-refractivity contribution is 0.0526. The number of ether oxygens (including phenoxy) is 1. The van der Waals surface area contributed by atoms with Gasteiger partial charge in [0.2, 0.25) is 16.0 Å². The summed E-state index contributed by atoms with van der Waals surface area (Å²) in [6.07, 6.45) is 1.73. The van der Waals surface area contributed by atoms with E-state index in [0.29, 0.717) is 48.3 Å².